The van der Waals surface area contributed by atoms with E-state index in [4.69, 9.17) is 9.47 Å². The number of carbonyl (C=O) groups excluding carboxylic acids is 1. The van der Waals surface area contributed by atoms with E-state index >= 15 is 0 Å². The second-order valence-electron chi connectivity index (χ2n) is 6.19. The van der Waals surface area contributed by atoms with Gasteiger partial charge >= 0.3 is 0 Å². The summed E-state index contributed by atoms with van der Waals surface area (Å²) in [6.07, 6.45) is 1.92. The molecule has 0 spiro atoms. The van der Waals surface area contributed by atoms with Crippen molar-refractivity contribution in [3.8, 4) is 11.5 Å². The number of rotatable bonds is 7. The molecule has 1 heterocycles. The second-order valence-corrected chi connectivity index (χ2v) is 7.31. The molecule has 1 amide bonds. The molecule has 1 N–H and O–H groups in total. The molecule has 27 heavy (non-hydrogen) atoms. The number of thiazole rings is 1. The van der Waals surface area contributed by atoms with Crippen LogP contribution in [0.15, 0.2) is 54.7 Å². The summed E-state index contributed by atoms with van der Waals surface area (Å²) in [5.74, 6) is 0.866. The Morgan fingerprint density at radius 3 is 2.56 bits per heavy atom. The molecule has 6 heteroatoms. The fourth-order valence-electron chi connectivity index (χ4n) is 2.52. The van der Waals surface area contributed by atoms with Crippen LogP contribution in [-0.4, -0.2) is 24.1 Å². The van der Waals surface area contributed by atoms with Gasteiger partial charge < -0.3 is 9.47 Å². The number of ether oxygens (including phenoxy) is 2. The van der Waals surface area contributed by atoms with Gasteiger partial charge in [0, 0.05) is 17.5 Å². The molecule has 3 rings (SSSR count). The number of anilines is 1. The lowest BCUT2D eigenvalue weighted by atomic mass is 10.1. The van der Waals surface area contributed by atoms with Crippen molar-refractivity contribution in [1.29, 1.82) is 0 Å². The first-order valence-corrected chi connectivity index (χ1v) is 9.47. The van der Waals surface area contributed by atoms with E-state index in [1.165, 1.54) is 22.5 Å². The van der Waals surface area contributed by atoms with Crippen molar-refractivity contribution < 1.29 is 14.3 Å². The van der Waals surface area contributed by atoms with Crippen molar-refractivity contribution in [3.05, 3.63) is 70.7 Å². The Hall–Kier alpha value is -2.86. The Balaban J connectivity index is 1.59. The van der Waals surface area contributed by atoms with Crippen LogP contribution in [0.25, 0.3) is 0 Å². The number of aromatic nitrogens is 1. The Morgan fingerprint density at radius 1 is 1.15 bits per heavy atom. The summed E-state index contributed by atoms with van der Waals surface area (Å²) in [6, 6.07) is 15.6. The lowest BCUT2D eigenvalue weighted by molar-refractivity contribution is -0.122. The Kier molecular flexibility index (Phi) is 6.08. The van der Waals surface area contributed by atoms with Crippen LogP contribution in [0.3, 0.4) is 0 Å². The number of amides is 1. The number of carbonyl (C=O) groups is 1. The molecule has 1 atom stereocenters. The summed E-state index contributed by atoms with van der Waals surface area (Å²) in [7, 11) is 1.57. The van der Waals surface area contributed by atoms with Gasteiger partial charge in [-0.1, -0.05) is 42.0 Å². The molecule has 0 aliphatic heterocycles. The molecular weight excluding hydrogens is 360 g/mol. The fourth-order valence-corrected chi connectivity index (χ4v) is 3.37. The van der Waals surface area contributed by atoms with Gasteiger partial charge in [0.2, 0.25) is 0 Å². The molecule has 0 fully saturated rings. The first-order valence-electron chi connectivity index (χ1n) is 8.66. The van der Waals surface area contributed by atoms with Gasteiger partial charge in [0.15, 0.2) is 22.7 Å². The van der Waals surface area contributed by atoms with E-state index in [9.17, 15) is 4.79 Å². The van der Waals surface area contributed by atoms with Crippen LogP contribution in [0.5, 0.6) is 11.5 Å². The van der Waals surface area contributed by atoms with Gasteiger partial charge in [-0.25, -0.2) is 4.98 Å². The Morgan fingerprint density at radius 2 is 1.85 bits per heavy atom. The topological polar surface area (TPSA) is 60.5 Å². The van der Waals surface area contributed by atoms with Gasteiger partial charge in [0.05, 0.1) is 7.11 Å². The first kappa shape index (κ1) is 18.9. The molecule has 0 saturated carbocycles. The molecule has 0 aliphatic rings. The number of hydrogen-bond donors (Lipinski definition) is 1. The van der Waals surface area contributed by atoms with Crippen molar-refractivity contribution in [2.45, 2.75) is 26.4 Å². The molecule has 5 nitrogen and oxygen atoms in total. The SMILES string of the molecule is COc1ccccc1OC(C)C(=O)Nc1ncc(Cc2ccc(C)cc2)s1. The van der Waals surface area contributed by atoms with Crippen LogP contribution in [0.1, 0.15) is 22.9 Å². The van der Waals surface area contributed by atoms with Gasteiger partial charge in [0.25, 0.3) is 5.91 Å². The molecule has 140 valence electrons. The maximum absolute atomic E-state index is 12.4. The molecule has 1 unspecified atom stereocenters. The van der Waals surface area contributed by atoms with E-state index < -0.39 is 6.10 Å². The summed E-state index contributed by atoms with van der Waals surface area (Å²) in [5, 5.41) is 3.38. The third kappa shape index (κ3) is 5.08. The first-order chi connectivity index (χ1) is 13.0. The number of benzene rings is 2. The molecule has 0 aliphatic carbocycles. The third-order valence-corrected chi connectivity index (χ3v) is 4.94. The zero-order valence-electron chi connectivity index (χ0n) is 15.6. The minimum absolute atomic E-state index is 0.253. The van der Waals surface area contributed by atoms with Crippen LogP contribution >= 0.6 is 11.3 Å². The summed E-state index contributed by atoms with van der Waals surface area (Å²) < 4.78 is 11.0. The van der Waals surface area contributed by atoms with Gasteiger partial charge in [-0.15, -0.1) is 11.3 Å². The van der Waals surface area contributed by atoms with Crippen molar-refractivity contribution in [3.63, 3.8) is 0 Å². The number of hydrogen-bond acceptors (Lipinski definition) is 5. The lowest BCUT2D eigenvalue weighted by Gasteiger charge is -2.15. The highest BCUT2D eigenvalue weighted by molar-refractivity contribution is 7.15. The number of aryl methyl sites for hydroxylation is 1. The Labute approximate surface area is 163 Å². The highest BCUT2D eigenvalue weighted by atomic mass is 32.1. The highest BCUT2D eigenvalue weighted by Gasteiger charge is 2.18. The van der Waals surface area contributed by atoms with Crippen LogP contribution in [0, 0.1) is 6.92 Å². The third-order valence-electron chi connectivity index (χ3n) is 4.02. The predicted octanol–water partition coefficient (Wildman–Crippen LogP) is 4.46. The van der Waals surface area contributed by atoms with Crippen molar-refractivity contribution in [2.24, 2.45) is 0 Å². The van der Waals surface area contributed by atoms with Crippen LogP contribution in [-0.2, 0) is 11.2 Å². The minimum Gasteiger partial charge on any atom is -0.493 e. The molecular formula is C21H22N2O3S. The molecule has 0 saturated heterocycles. The number of methoxy groups -OCH3 is 1. The summed E-state index contributed by atoms with van der Waals surface area (Å²) in [4.78, 5) is 17.8. The standard InChI is InChI=1S/C21H22N2O3S/c1-14-8-10-16(11-9-14)12-17-13-22-21(27-17)23-20(24)15(2)26-19-7-5-4-6-18(19)25-3/h4-11,13,15H,12H2,1-3H3,(H,22,23,24). The maximum atomic E-state index is 12.4. The largest absolute Gasteiger partial charge is 0.493 e. The van der Waals surface area contributed by atoms with Crippen molar-refractivity contribution in [2.75, 3.05) is 12.4 Å². The summed E-state index contributed by atoms with van der Waals surface area (Å²) in [5.41, 5.74) is 2.45. The van der Waals surface area contributed by atoms with E-state index in [0.29, 0.717) is 16.6 Å². The summed E-state index contributed by atoms with van der Waals surface area (Å²) in [6.45, 7) is 3.76. The monoisotopic (exact) mass is 382 g/mol. The van der Waals surface area contributed by atoms with Gasteiger partial charge in [-0.3, -0.25) is 10.1 Å². The van der Waals surface area contributed by atoms with Crippen molar-refractivity contribution in [1.82, 2.24) is 4.98 Å². The number of para-hydroxylation sites is 2. The van der Waals surface area contributed by atoms with Gasteiger partial charge in [-0.05, 0) is 31.5 Å². The van der Waals surface area contributed by atoms with Crippen LogP contribution < -0.4 is 14.8 Å². The van der Waals surface area contributed by atoms with E-state index in [0.717, 1.165) is 11.3 Å². The molecule has 3 aromatic rings. The average molecular weight is 382 g/mol. The predicted molar refractivity (Wildman–Crippen MR) is 108 cm³/mol. The average Bonchev–Trinajstić information content (AvgIpc) is 3.10. The Bertz CT molecular complexity index is 906. The fraction of sp³-hybridized carbons (Fsp3) is 0.238. The lowest BCUT2D eigenvalue weighted by Crippen LogP contribution is -2.30. The zero-order valence-corrected chi connectivity index (χ0v) is 16.4. The normalized spacial score (nSPS) is 11.7. The van der Waals surface area contributed by atoms with Crippen molar-refractivity contribution >= 4 is 22.4 Å². The zero-order chi connectivity index (χ0) is 19.2. The molecule has 0 bridgehead atoms. The quantitative estimate of drug-likeness (QED) is 0.655. The number of nitrogens with one attached hydrogen (secondary N) is 1. The van der Waals surface area contributed by atoms with Crippen LogP contribution in [0.2, 0.25) is 0 Å². The molecule has 1 aromatic heterocycles. The van der Waals surface area contributed by atoms with Crippen LogP contribution in [0.4, 0.5) is 5.13 Å². The smallest absolute Gasteiger partial charge is 0.266 e. The van der Waals surface area contributed by atoms with Gasteiger partial charge in [-0.2, -0.15) is 0 Å². The maximum Gasteiger partial charge on any atom is 0.266 e. The highest BCUT2D eigenvalue weighted by Crippen LogP contribution is 2.27. The van der Waals surface area contributed by atoms with E-state index in [-0.39, 0.29) is 5.91 Å². The summed E-state index contributed by atoms with van der Waals surface area (Å²) >= 11 is 1.47. The van der Waals surface area contributed by atoms with E-state index in [1.807, 2.05) is 12.1 Å². The van der Waals surface area contributed by atoms with E-state index in [1.54, 1.807) is 32.4 Å². The van der Waals surface area contributed by atoms with Gasteiger partial charge in [0.1, 0.15) is 0 Å². The van der Waals surface area contributed by atoms with E-state index in [2.05, 4.69) is 41.5 Å². The molecule has 2 aromatic carbocycles. The second kappa shape index (κ2) is 8.68. The number of nitrogens with zero attached hydrogens (tertiary/aromatic N) is 1. The molecule has 0 radical (unpaired) electrons. The minimum atomic E-state index is -0.675.